The molecule has 0 radical (unpaired) electrons. The number of hydrogen-bond donors (Lipinski definition) is 1. The first-order valence-corrected chi connectivity index (χ1v) is 7.92. The van der Waals surface area contributed by atoms with Crippen LogP contribution in [0.15, 0.2) is 17.7 Å². The molecule has 1 aromatic heterocycles. The highest BCUT2D eigenvalue weighted by Gasteiger charge is 2.21. The maximum atomic E-state index is 5.72. The molecule has 0 bridgehead atoms. The van der Waals surface area contributed by atoms with Crippen LogP contribution in [0.3, 0.4) is 0 Å². The summed E-state index contributed by atoms with van der Waals surface area (Å²) in [5.74, 6) is 0. The lowest BCUT2D eigenvalue weighted by Crippen LogP contribution is -2.30. The largest absolute Gasteiger partial charge is 0.326 e. The van der Waals surface area contributed by atoms with Crippen molar-refractivity contribution in [2.75, 3.05) is 13.1 Å². The first kappa shape index (κ1) is 14.8. The first-order valence-electron chi connectivity index (χ1n) is 7.10. The summed E-state index contributed by atoms with van der Waals surface area (Å²) in [7, 11) is 0. The minimum absolute atomic E-state index is 0.330. The maximum Gasteiger partial charge on any atom is 0.0274 e. The highest BCUT2D eigenvalue weighted by molar-refractivity contribution is 7.12. The minimum atomic E-state index is 0.330. The summed E-state index contributed by atoms with van der Waals surface area (Å²) < 4.78 is 0. The van der Waals surface area contributed by atoms with Gasteiger partial charge < -0.3 is 5.73 Å². The molecule has 2 rings (SSSR count). The van der Waals surface area contributed by atoms with Crippen molar-refractivity contribution in [2.24, 2.45) is 11.1 Å². The van der Waals surface area contributed by atoms with Crippen LogP contribution in [-0.4, -0.2) is 18.0 Å². The van der Waals surface area contributed by atoms with E-state index in [4.69, 9.17) is 5.73 Å². The van der Waals surface area contributed by atoms with Crippen LogP contribution in [0.1, 0.15) is 42.5 Å². The lowest BCUT2D eigenvalue weighted by Gasteiger charge is -2.32. The molecule has 106 valence electrons. The lowest BCUT2D eigenvalue weighted by molar-refractivity contribution is 0.271. The van der Waals surface area contributed by atoms with Crippen molar-refractivity contribution in [3.8, 4) is 0 Å². The van der Waals surface area contributed by atoms with Crippen LogP contribution in [0, 0.1) is 12.3 Å². The van der Waals surface area contributed by atoms with E-state index in [0.717, 1.165) is 13.1 Å². The van der Waals surface area contributed by atoms with Gasteiger partial charge in [0.1, 0.15) is 0 Å². The van der Waals surface area contributed by atoms with E-state index in [0.29, 0.717) is 12.0 Å². The van der Waals surface area contributed by atoms with E-state index in [1.54, 1.807) is 5.57 Å². The molecule has 1 aliphatic rings. The van der Waals surface area contributed by atoms with Crippen molar-refractivity contribution in [3.63, 3.8) is 0 Å². The Morgan fingerprint density at radius 1 is 1.37 bits per heavy atom. The zero-order valence-electron chi connectivity index (χ0n) is 12.6. The Balaban J connectivity index is 1.99. The zero-order chi connectivity index (χ0) is 14.0. The Labute approximate surface area is 121 Å². The van der Waals surface area contributed by atoms with Gasteiger partial charge in [0.05, 0.1) is 0 Å². The maximum absolute atomic E-state index is 5.72. The van der Waals surface area contributed by atoms with Gasteiger partial charge in [-0.3, -0.25) is 4.90 Å². The Hall–Kier alpha value is -0.640. The van der Waals surface area contributed by atoms with Crippen molar-refractivity contribution in [1.82, 2.24) is 4.90 Å². The van der Waals surface area contributed by atoms with Crippen LogP contribution in [0.25, 0.3) is 0 Å². The van der Waals surface area contributed by atoms with E-state index in [-0.39, 0.29) is 0 Å². The molecule has 0 aromatic carbocycles. The fourth-order valence-corrected chi connectivity index (χ4v) is 3.55. The van der Waals surface area contributed by atoms with E-state index in [9.17, 15) is 0 Å². The molecule has 19 heavy (non-hydrogen) atoms. The van der Waals surface area contributed by atoms with Crippen molar-refractivity contribution < 1.29 is 0 Å². The molecule has 0 aliphatic carbocycles. The third kappa shape index (κ3) is 3.68. The normalized spacial score (nSPS) is 17.6. The second kappa shape index (κ2) is 5.78. The van der Waals surface area contributed by atoms with Gasteiger partial charge in [-0.05, 0) is 30.4 Å². The van der Waals surface area contributed by atoms with Gasteiger partial charge in [-0.15, -0.1) is 11.3 Å². The zero-order valence-corrected chi connectivity index (χ0v) is 13.4. The molecule has 0 amide bonds. The third-order valence-electron chi connectivity index (χ3n) is 3.92. The predicted octanol–water partition coefficient (Wildman–Crippen LogP) is 3.69. The molecule has 1 aromatic rings. The molecule has 2 nitrogen and oxygen atoms in total. The van der Waals surface area contributed by atoms with Gasteiger partial charge in [-0.2, -0.15) is 0 Å². The number of aryl methyl sites for hydroxylation is 1. The predicted molar refractivity (Wildman–Crippen MR) is 84.4 cm³/mol. The molecule has 2 heterocycles. The lowest BCUT2D eigenvalue weighted by atomic mass is 9.83. The average Bonchev–Trinajstić information content (AvgIpc) is 2.70. The fourth-order valence-electron chi connectivity index (χ4n) is 2.62. The summed E-state index contributed by atoms with van der Waals surface area (Å²) in [6.45, 7) is 13.1. The monoisotopic (exact) mass is 278 g/mol. The van der Waals surface area contributed by atoms with Crippen molar-refractivity contribution >= 4 is 11.3 Å². The summed E-state index contributed by atoms with van der Waals surface area (Å²) in [6.07, 6.45) is 3.63. The summed E-state index contributed by atoms with van der Waals surface area (Å²) in [4.78, 5) is 5.26. The summed E-state index contributed by atoms with van der Waals surface area (Å²) in [5, 5.41) is 0. The van der Waals surface area contributed by atoms with E-state index < -0.39 is 0 Å². The van der Waals surface area contributed by atoms with Gasteiger partial charge in [-0.25, -0.2) is 0 Å². The van der Waals surface area contributed by atoms with E-state index >= 15 is 0 Å². The van der Waals surface area contributed by atoms with Gasteiger partial charge >= 0.3 is 0 Å². The van der Waals surface area contributed by atoms with Crippen LogP contribution in [0.5, 0.6) is 0 Å². The van der Waals surface area contributed by atoms with Gasteiger partial charge in [-0.1, -0.05) is 32.4 Å². The number of thiophene rings is 1. The number of rotatable bonds is 3. The highest BCUT2D eigenvalue weighted by atomic mass is 32.1. The summed E-state index contributed by atoms with van der Waals surface area (Å²) in [6, 6.07) is 2.28. The van der Waals surface area contributed by atoms with Crippen molar-refractivity contribution in [3.05, 3.63) is 33.0 Å². The highest BCUT2D eigenvalue weighted by Crippen LogP contribution is 2.31. The van der Waals surface area contributed by atoms with Gasteiger partial charge in [0.25, 0.3) is 0 Å². The standard InChI is InChI=1S/C16H26N2S/c1-12-13(9-15(10-17)19-12)11-18-7-5-14(6-8-18)16(2,3)4/h5,9H,6-8,10-11,17H2,1-4H3. The number of nitrogens with zero attached hydrogens (tertiary/aromatic N) is 1. The third-order valence-corrected chi connectivity index (χ3v) is 5.04. The molecule has 0 saturated heterocycles. The average molecular weight is 278 g/mol. The smallest absolute Gasteiger partial charge is 0.0274 e. The van der Waals surface area contributed by atoms with Gasteiger partial charge in [0.2, 0.25) is 0 Å². The summed E-state index contributed by atoms with van der Waals surface area (Å²) in [5.41, 5.74) is 9.11. The van der Waals surface area contributed by atoms with Gasteiger partial charge in [0, 0.05) is 35.9 Å². The minimum Gasteiger partial charge on any atom is -0.326 e. The Kier molecular flexibility index (Phi) is 4.49. The topological polar surface area (TPSA) is 29.3 Å². The molecule has 0 atom stereocenters. The molecular weight excluding hydrogens is 252 g/mol. The van der Waals surface area contributed by atoms with E-state index in [2.05, 4.69) is 44.7 Å². The molecule has 0 spiro atoms. The van der Waals surface area contributed by atoms with Crippen LogP contribution in [0.2, 0.25) is 0 Å². The molecule has 1 aliphatic heterocycles. The SMILES string of the molecule is Cc1sc(CN)cc1CN1CC=C(C(C)(C)C)CC1. The molecule has 3 heteroatoms. The van der Waals surface area contributed by atoms with Gasteiger partial charge in [0.15, 0.2) is 0 Å². The van der Waals surface area contributed by atoms with Crippen LogP contribution >= 0.6 is 11.3 Å². The van der Waals surface area contributed by atoms with E-state index in [1.165, 1.54) is 28.3 Å². The van der Waals surface area contributed by atoms with Crippen LogP contribution < -0.4 is 5.73 Å². The number of hydrogen-bond acceptors (Lipinski definition) is 3. The Bertz CT molecular complexity index is 466. The van der Waals surface area contributed by atoms with Crippen LogP contribution in [0.4, 0.5) is 0 Å². The van der Waals surface area contributed by atoms with Crippen molar-refractivity contribution in [2.45, 2.75) is 47.2 Å². The Morgan fingerprint density at radius 2 is 2.11 bits per heavy atom. The Morgan fingerprint density at radius 3 is 2.58 bits per heavy atom. The first-order chi connectivity index (χ1) is 8.90. The molecule has 0 unspecified atom stereocenters. The van der Waals surface area contributed by atoms with E-state index in [1.807, 2.05) is 11.3 Å². The summed E-state index contributed by atoms with van der Waals surface area (Å²) >= 11 is 1.84. The molecular formula is C16H26N2S. The quantitative estimate of drug-likeness (QED) is 0.854. The number of nitrogens with two attached hydrogens (primary N) is 1. The fraction of sp³-hybridized carbons (Fsp3) is 0.625. The second-order valence-corrected chi connectivity index (χ2v) is 7.80. The molecule has 0 saturated carbocycles. The van der Waals surface area contributed by atoms with Crippen molar-refractivity contribution in [1.29, 1.82) is 0 Å². The molecule has 0 fully saturated rings. The molecule has 2 N–H and O–H groups in total. The second-order valence-electron chi connectivity index (χ2n) is 6.46. The van der Waals surface area contributed by atoms with Crippen LogP contribution in [-0.2, 0) is 13.1 Å².